The van der Waals surface area contributed by atoms with E-state index in [4.69, 9.17) is 4.74 Å². The van der Waals surface area contributed by atoms with Crippen molar-refractivity contribution in [1.29, 1.82) is 0 Å². The van der Waals surface area contributed by atoms with E-state index in [0.717, 1.165) is 6.42 Å². The maximum Gasteiger partial charge on any atom is 0.377 e. The van der Waals surface area contributed by atoms with Gasteiger partial charge in [-0.2, -0.15) is 0 Å². The molecule has 1 amide bonds. The minimum atomic E-state index is -0.633. The van der Waals surface area contributed by atoms with Crippen LogP contribution >= 0.6 is 0 Å². The molecule has 1 aromatic heterocycles. The number of rotatable bonds is 7. The third-order valence-electron chi connectivity index (χ3n) is 2.48. The minimum Gasteiger partial charge on any atom is -0.463 e. The summed E-state index contributed by atoms with van der Waals surface area (Å²) in [6.07, 6.45) is 2.06. The average Bonchev–Trinajstić information content (AvgIpc) is 2.91. The number of nitrogens with one attached hydrogen (secondary N) is 1. The van der Waals surface area contributed by atoms with Gasteiger partial charge < -0.3 is 14.8 Å². The molecule has 8 nitrogen and oxygen atoms in total. The Kier molecular flexibility index (Phi) is 5.94. The third kappa shape index (κ3) is 4.32. The first-order valence-electron chi connectivity index (χ1n) is 5.86. The van der Waals surface area contributed by atoms with Crippen molar-refractivity contribution < 1.29 is 19.1 Å². The number of carbonyl (C=O) groups is 2. The number of hydrogen-bond donors (Lipinski definition) is 1. The first-order valence-corrected chi connectivity index (χ1v) is 5.86. The van der Waals surface area contributed by atoms with Crippen LogP contribution in [0.1, 0.15) is 30.0 Å². The summed E-state index contributed by atoms with van der Waals surface area (Å²) in [6, 6.07) is -0.548. The molecule has 1 heterocycles. The van der Waals surface area contributed by atoms with Crippen LogP contribution in [0.4, 0.5) is 0 Å². The highest BCUT2D eigenvalue weighted by Gasteiger charge is 2.18. The van der Waals surface area contributed by atoms with Crippen molar-refractivity contribution in [3.8, 4) is 0 Å². The molecular formula is C11H18N4O4. The Bertz CT molecular complexity index is 432. The molecule has 1 aromatic rings. The lowest BCUT2D eigenvalue weighted by Gasteiger charge is -2.11. The van der Waals surface area contributed by atoms with Crippen molar-refractivity contribution in [2.75, 3.05) is 27.4 Å². The average molecular weight is 270 g/mol. The second-order valence-electron chi connectivity index (χ2n) is 3.85. The van der Waals surface area contributed by atoms with Gasteiger partial charge in [0.25, 0.3) is 5.82 Å². The number of ether oxygens (including phenoxy) is 2. The van der Waals surface area contributed by atoms with E-state index in [1.807, 2.05) is 0 Å². The molecule has 1 N–H and O–H groups in total. The molecule has 1 atom stereocenters. The summed E-state index contributed by atoms with van der Waals surface area (Å²) in [5, 5.41) is 6.64. The molecule has 1 rings (SSSR count). The lowest BCUT2D eigenvalue weighted by molar-refractivity contribution is -0.124. The van der Waals surface area contributed by atoms with Gasteiger partial charge in [-0.15, -0.1) is 5.10 Å². The summed E-state index contributed by atoms with van der Waals surface area (Å²) in [5.74, 6) is -0.898. The van der Waals surface area contributed by atoms with E-state index < -0.39 is 12.0 Å². The van der Waals surface area contributed by atoms with E-state index >= 15 is 0 Å². The van der Waals surface area contributed by atoms with Crippen LogP contribution in [0.15, 0.2) is 6.33 Å². The molecule has 0 aliphatic heterocycles. The predicted molar refractivity (Wildman–Crippen MR) is 65.6 cm³/mol. The number of amides is 1. The largest absolute Gasteiger partial charge is 0.463 e. The summed E-state index contributed by atoms with van der Waals surface area (Å²) >= 11 is 0. The zero-order valence-electron chi connectivity index (χ0n) is 11.3. The van der Waals surface area contributed by atoms with Crippen molar-refractivity contribution in [1.82, 2.24) is 20.1 Å². The topological polar surface area (TPSA) is 95.3 Å². The highest BCUT2D eigenvalue weighted by Crippen LogP contribution is 2.04. The Morgan fingerprint density at radius 2 is 2.21 bits per heavy atom. The maximum atomic E-state index is 11.8. The van der Waals surface area contributed by atoms with Crippen LogP contribution in [-0.2, 0) is 14.3 Å². The second kappa shape index (κ2) is 7.47. The van der Waals surface area contributed by atoms with Crippen LogP contribution < -0.4 is 5.32 Å². The van der Waals surface area contributed by atoms with Gasteiger partial charge >= 0.3 is 5.97 Å². The number of aromatic nitrogens is 3. The molecule has 0 aromatic carbocycles. The van der Waals surface area contributed by atoms with Gasteiger partial charge in [0, 0.05) is 20.3 Å². The highest BCUT2D eigenvalue weighted by atomic mass is 16.5. The molecule has 19 heavy (non-hydrogen) atoms. The number of hydrogen-bond acceptors (Lipinski definition) is 6. The number of methoxy groups -OCH3 is 2. The van der Waals surface area contributed by atoms with Gasteiger partial charge in [0.15, 0.2) is 0 Å². The van der Waals surface area contributed by atoms with Crippen molar-refractivity contribution >= 4 is 11.9 Å². The fourth-order valence-electron chi connectivity index (χ4n) is 1.34. The van der Waals surface area contributed by atoms with Crippen molar-refractivity contribution in [3.63, 3.8) is 0 Å². The van der Waals surface area contributed by atoms with Gasteiger partial charge in [0.2, 0.25) is 5.91 Å². The highest BCUT2D eigenvalue weighted by molar-refractivity contribution is 5.85. The molecule has 0 aliphatic carbocycles. The fraction of sp³-hybridized carbons (Fsp3) is 0.636. The van der Waals surface area contributed by atoms with Gasteiger partial charge in [-0.05, 0) is 13.3 Å². The molecule has 0 bridgehead atoms. The fourth-order valence-corrected chi connectivity index (χ4v) is 1.34. The number of esters is 1. The van der Waals surface area contributed by atoms with E-state index in [2.05, 4.69) is 20.1 Å². The first-order chi connectivity index (χ1) is 9.10. The molecule has 106 valence electrons. The zero-order chi connectivity index (χ0) is 14.3. The monoisotopic (exact) mass is 270 g/mol. The van der Waals surface area contributed by atoms with E-state index in [-0.39, 0.29) is 11.7 Å². The summed E-state index contributed by atoms with van der Waals surface area (Å²) in [7, 11) is 2.85. The summed E-state index contributed by atoms with van der Waals surface area (Å²) in [6.45, 7) is 2.78. The molecule has 0 fully saturated rings. The standard InChI is InChI=1S/C11H18N4O4/c1-8(10(16)12-5-4-6-18-2)15-7-13-9(14-15)11(17)19-3/h7-8H,4-6H2,1-3H3,(H,12,16). The van der Waals surface area contributed by atoms with Crippen LogP contribution in [0.5, 0.6) is 0 Å². The molecule has 0 radical (unpaired) electrons. The van der Waals surface area contributed by atoms with E-state index in [1.54, 1.807) is 14.0 Å². The second-order valence-corrected chi connectivity index (χ2v) is 3.85. The Balaban J connectivity index is 2.52. The Hall–Kier alpha value is -1.96. The van der Waals surface area contributed by atoms with E-state index in [9.17, 15) is 9.59 Å². The molecule has 0 saturated heterocycles. The van der Waals surface area contributed by atoms with Gasteiger partial charge in [-0.1, -0.05) is 0 Å². The predicted octanol–water partition coefficient (Wildman–Crippen LogP) is -0.222. The van der Waals surface area contributed by atoms with E-state index in [0.29, 0.717) is 13.2 Å². The molecule has 1 unspecified atom stereocenters. The normalized spacial score (nSPS) is 11.9. The lowest BCUT2D eigenvalue weighted by atomic mass is 10.3. The molecular weight excluding hydrogens is 252 g/mol. The molecule has 0 aliphatic rings. The third-order valence-corrected chi connectivity index (χ3v) is 2.48. The van der Waals surface area contributed by atoms with E-state index in [1.165, 1.54) is 18.1 Å². The maximum absolute atomic E-state index is 11.8. The minimum absolute atomic E-state index is 0.0680. The number of nitrogens with zero attached hydrogens (tertiary/aromatic N) is 3. The molecule has 0 spiro atoms. The van der Waals surface area contributed by atoms with Crippen LogP contribution in [0.25, 0.3) is 0 Å². The van der Waals surface area contributed by atoms with Crippen LogP contribution in [-0.4, -0.2) is 54.0 Å². The lowest BCUT2D eigenvalue weighted by Crippen LogP contribution is -2.32. The summed E-state index contributed by atoms with van der Waals surface area (Å²) < 4.78 is 10.7. The van der Waals surface area contributed by atoms with Gasteiger partial charge in [0.1, 0.15) is 12.4 Å². The Morgan fingerprint density at radius 3 is 2.84 bits per heavy atom. The quantitative estimate of drug-likeness (QED) is 0.543. The summed E-state index contributed by atoms with van der Waals surface area (Å²) in [4.78, 5) is 26.8. The van der Waals surface area contributed by atoms with Gasteiger partial charge in [0.05, 0.1) is 7.11 Å². The van der Waals surface area contributed by atoms with Gasteiger partial charge in [-0.25, -0.2) is 14.5 Å². The zero-order valence-corrected chi connectivity index (χ0v) is 11.3. The Labute approximate surface area is 111 Å². The van der Waals surface area contributed by atoms with Gasteiger partial charge in [-0.3, -0.25) is 4.79 Å². The van der Waals surface area contributed by atoms with Crippen LogP contribution in [0.2, 0.25) is 0 Å². The van der Waals surface area contributed by atoms with Crippen LogP contribution in [0.3, 0.4) is 0 Å². The van der Waals surface area contributed by atoms with Crippen LogP contribution in [0, 0.1) is 0 Å². The molecule has 8 heteroatoms. The first kappa shape index (κ1) is 15.1. The molecule has 0 saturated carbocycles. The smallest absolute Gasteiger partial charge is 0.377 e. The Morgan fingerprint density at radius 1 is 1.47 bits per heavy atom. The van der Waals surface area contributed by atoms with Crippen molar-refractivity contribution in [3.05, 3.63) is 12.2 Å². The SMILES string of the molecule is COCCCNC(=O)C(C)n1cnc(C(=O)OC)n1. The van der Waals surface area contributed by atoms with Crippen molar-refractivity contribution in [2.45, 2.75) is 19.4 Å². The van der Waals surface area contributed by atoms with Crippen molar-refractivity contribution in [2.24, 2.45) is 0 Å². The summed E-state index contributed by atoms with van der Waals surface area (Å²) in [5.41, 5.74) is 0. The number of carbonyl (C=O) groups excluding carboxylic acids is 2.